The first-order chi connectivity index (χ1) is 21.5. The molecule has 4 amide bonds. The molecule has 0 unspecified atom stereocenters. The molecule has 0 radical (unpaired) electrons. The quantitative estimate of drug-likeness (QED) is 0.293. The molecule has 0 bridgehead atoms. The molecule has 4 heterocycles. The molecular weight excluding hydrogens is 580 g/mol. The number of hydrogen-bond acceptors (Lipinski definition) is 8. The number of aromatic amines is 2. The van der Waals surface area contributed by atoms with Crippen LogP contribution in [0.5, 0.6) is 0 Å². The van der Waals surface area contributed by atoms with Gasteiger partial charge in [0.05, 0.1) is 38.2 Å². The zero-order valence-corrected chi connectivity index (χ0v) is 27.0. The van der Waals surface area contributed by atoms with Gasteiger partial charge in [-0.25, -0.2) is 19.6 Å². The Kier molecular flexibility index (Phi) is 11.2. The summed E-state index contributed by atoms with van der Waals surface area (Å²) in [5.74, 6) is 0.930. The molecule has 4 N–H and O–H groups in total. The molecule has 0 spiro atoms. The monoisotopic (exact) mass is 626 g/mol. The van der Waals surface area contributed by atoms with Crippen LogP contribution in [0.3, 0.4) is 0 Å². The van der Waals surface area contributed by atoms with Gasteiger partial charge in [-0.05, 0) is 43.6 Å². The summed E-state index contributed by atoms with van der Waals surface area (Å²) in [5.41, 5.74) is 1.71. The van der Waals surface area contributed by atoms with E-state index in [1.165, 1.54) is 14.2 Å². The van der Waals surface area contributed by atoms with Crippen molar-refractivity contribution >= 4 is 30.1 Å². The van der Waals surface area contributed by atoms with Gasteiger partial charge < -0.3 is 39.9 Å². The summed E-state index contributed by atoms with van der Waals surface area (Å²) in [6.07, 6.45) is 10.0. The SMILES string of the molecule is COC(=O)N[C@@H](C(=O)N1CCC[C@@H]1c1ncc(/C=C/Cc2cnc([C@H]3CCCN3C(=O)[C@H](NC(=O)OC)C(C)C)[nH]2)[nH]1)C(C)C. The van der Waals surface area contributed by atoms with Crippen molar-refractivity contribution in [2.75, 3.05) is 27.3 Å². The molecule has 2 aromatic rings. The first-order valence-corrected chi connectivity index (χ1v) is 15.6. The van der Waals surface area contributed by atoms with E-state index in [0.29, 0.717) is 25.3 Å². The lowest BCUT2D eigenvalue weighted by Crippen LogP contribution is -2.51. The van der Waals surface area contributed by atoms with Crippen molar-refractivity contribution < 1.29 is 28.7 Å². The van der Waals surface area contributed by atoms with Gasteiger partial charge in [-0.15, -0.1) is 0 Å². The Labute approximate surface area is 263 Å². The Morgan fingerprint density at radius 3 is 1.82 bits per heavy atom. The fourth-order valence-electron chi connectivity index (χ4n) is 5.95. The van der Waals surface area contributed by atoms with E-state index >= 15 is 0 Å². The molecule has 246 valence electrons. The van der Waals surface area contributed by atoms with Gasteiger partial charge in [0, 0.05) is 31.4 Å². The highest BCUT2D eigenvalue weighted by molar-refractivity contribution is 5.87. The summed E-state index contributed by atoms with van der Waals surface area (Å²) in [6.45, 7) is 8.74. The minimum absolute atomic E-state index is 0.101. The highest BCUT2D eigenvalue weighted by Crippen LogP contribution is 2.33. The predicted molar refractivity (Wildman–Crippen MR) is 166 cm³/mol. The van der Waals surface area contributed by atoms with Gasteiger partial charge in [0.2, 0.25) is 11.8 Å². The molecule has 2 fully saturated rings. The standard InChI is InChI=1S/C31H46N8O6/c1-18(2)24(36-30(42)44-5)28(40)38-14-8-12-22(38)26-32-16-20(34-26)10-7-11-21-17-33-27(35-21)23-13-9-15-39(23)29(41)25(19(3)4)37-31(43)45-6/h7,10,16-19,22-25H,8-9,11-15H2,1-6H3,(H,32,34)(H,33,35)(H,36,42)(H,37,43)/b10-7+/t22-,23-,24-,25-/m1/s1. The number of imidazole rings is 2. The van der Waals surface area contributed by atoms with E-state index in [0.717, 1.165) is 42.9 Å². The highest BCUT2D eigenvalue weighted by atomic mass is 16.5. The van der Waals surface area contributed by atoms with Crippen LogP contribution in [0.15, 0.2) is 18.5 Å². The molecule has 0 aromatic carbocycles. The lowest BCUT2D eigenvalue weighted by atomic mass is 10.0. The van der Waals surface area contributed by atoms with E-state index in [9.17, 15) is 19.2 Å². The molecule has 2 aromatic heterocycles. The zero-order valence-electron chi connectivity index (χ0n) is 27.0. The van der Waals surface area contributed by atoms with Gasteiger partial charge in [-0.1, -0.05) is 33.8 Å². The number of nitrogens with zero attached hydrogens (tertiary/aromatic N) is 4. The number of rotatable bonds is 11. The second-order valence-electron chi connectivity index (χ2n) is 12.2. The Hall–Kier alpha value is -4.36. The van der Waals surface area contributed by atoms with Crippen LogP contribution >= 0.6 is 0 Å². The minimum atomic E-state index is -0.686. The lowest BCUT2D eigenvalue weighted by molar-refractivity contribution is -0.136. The molecule has 45 heavy (non-hydrogen) atoms. The normalized spacial score (nSPS) is 19.7. The maximum atomic E-state index is 13.4. The molecule has 0 aliphatic carbocycles. The van der Waals surface area contributed by atoms with Gasteiger partial charge in [0.1, 0.15) is 23.7 Å². The number of amides is 4. The largest absolute Gasteiger partial charge is 0.453 e. The van der Waals surface area contributed by atoms with Crippen LogP contribution in [-0.2, 0) is 25.5 Å². The summed E-state index contributed by atoms with van der Waals surface area (Å²) in [7, 11) is 2.56. The molecule has 2 aliphatic heterocycles. The second-order valence-corrected chi connectivity index (χ2v) is 12.2. The maximum absolute atomic E-state index is 13.4. The second kappa shape index (κ2) is 15.1. The van der Waals surface area contributed by atoms with E-state index in [-0.39, 0.29) is 35.7 Å². The van der Waals surface area contributed by atoms with Crippen LogP contribution in [0.1, 0.15) is 88.5 Å². The van der Waals surface area contributed by atoms with Gasteiger partial charge in [0.25, 0.3) is 0 Å². The van der Waals surface area contributed by atoms with Gasteiger partial charge in [-0.2, -0.15) is 0 Å². The number of H-pyrrole nitrogens is 2. The van der Waals surface area contributed by atoms with Crippen LogP contribution in [0.25, 0.3) is 6.08 Å². The summed E-state index contributed by atoms with van der Waals surface area (Å²) < 4.78 is 9.43. The molecular formula is C31H46N8O6. The first-order valence-electron chi connectivity index (χ1n) is 15.6. The van der Waals surface area contributed by atoms with Crippen molar-refractivity contribution in [2.24, 2.45) is 11.8 Å². The topological polar surface area (TPSA) is 175 Å². The third-order valence-electron chi connectivity index (χ3n) is 8.38. The molecule has 0 saturated carbocycles. The fourth-order valence-corrected chi connectivity index (χ4v) is 5.95. The molecule has 14 nitrogen and oxygen atoms in total. The summed E-state index contributed by atoms with van der Waals surface area (Å²) >= 11 is 0. The number of allylic oxidation sites excluding steroid dienone is 1. The van der Waals surface area contributed by atoms with Crippen molar-refractivity contribution in [1.82, 2.24) is 40.4 Å². The zero-order chi connectivity index (χ0) is 32.7. The average Bonchev–Trinajstić information content (AvgIpc) is 3.83. The fraction of sp³-hybridized carbons (Fsp3) is 0.613. The highest BCUT2D eigenvalue weighted by Gasteiger charge is 2.38. The van der Waals surface area contributed by atoms with E-state index in [2.05, 4.69) is 30.6 Å². The Balaban J connectivity index is 1.37. The number of hydrogen-bond donors (Lipinski definition) is 4. The Bertz CT molecular complexity index is 1370. The van der Waals surface area contributed by atoms with Crippen molar-refractivity contribution in [2.45, 2.75) is 84.0 Å². The summed E-state index contributed by atoms with van der Waals surface area (Å²) in [5, 5.41) is 5.34. The number of carbonyl (C=O) groups is 4. The molecule has 2 aliphatic rings. The van der Waals surface area contributed by atoms with Crippen LogP contribution in [0.2, 0.25) is 0 Å². The van der Waals surface area contributed by atoms with E-state index in [1.807, 2.05) is 39.8 Å². The lowest BCUT2D eigenvalue weighted by Gasteiger charge is -2.30. The van der Waals surface area contributed by atoms with Crippen LogP contribution in [-0.4, -0.2) is 93.1 Å². The van der Waals surface area contributed by atoms with Crippen molar-refractivity contribution in [3.05, 3.63) is 41.5 Å². The van der Waals surface area contributed by atoms with Crippen molar-refractivity contribution in [3.8, 4) is 0 Å². The van der Waals surface area contributed by atoms with Crippen molar-refractivity contribution in [3.63, 3.8) is 0 Å². The number of aromatic nitrogens is 4. The molecule has 2 saturated heterocycles. The summed E-state index contributed by atoms with van der Waals surface area (Å²) in [6, 6.07) is -1.77. The van der Waals surface area contributed by atoms with E-state index < -0.39 is 24.3 Å². The van der Waals surface area contributed by atoms with E-state index in [1.54, 1.807) is 22.2 Å². The number of nitrogens with one attached hydrogen (secondary N) is 4. The molecule has 4 atom stereocenters. The van der Waals surface area contributed by atoms with Crippen LogP contribution in [0.4, 0.5) is 9.59 Å². The first kappa shape index (κ1) is 33.5. The minimum Gasteiger partial charge on any atom is -0.453 e. The van der Waals surface area contributed by atoms with Gasteiger partial charge in [0.15, 0.2) is 0 Å². The number of likely N-dealkylation sites (tertiary alicyclic amines) is 2. The molecule has 4 rings (SSSR count). The number of methoxy groups -OCH3 is 2. The summed E-state index contributed by atoms with van der Waals surface area (Å²) in [4.78, 5) is 69.9. The Morgan fingerprint density at radius 2 is 1.33 bits per heavy atom. The van der Waals surface area contributed by atoms with Crippen molar-refractivity contribution in [1.29, 1.82) is 0 Å². The predicted octanol–water partition coefficient (Wildman–Crippen LogP) is 3.48. The van der Waals surface area contributed by atoms with Crippen LogP contribution < -0.4 is 10.6 Å². The number of alkyl carbamates (subject to hydrolysis) is 2. The third-order valence-corrected chi connectivity index (χ3v) is 8.38. The number of carbonyl (C=O) groups excluding carboxylic acids is 4. The van der Waals surface area contributed by atoms with Crippen LogP contribution in [0, 0.1) is 11.8 Å². The smallest absolute Gasteiger partial charge is 0.407 e. The van der Waals surface area contributed by atoms with Gasteiger partial charge in [-0.3, -0.25) is 9.59 Å². The maximum Gasteiger partial charge on any atom is 0.407 e. The number of ether oxygens (including phenoxy) is 2. The molecule has 14 heteroatoms. The van der Waals surface area contributed by atoms with E-state index in [4.69, 9.17) is 9.47 Å². The average molecular weight is 627 g/mol. The van der Waals surface area contributed by atoms with Gasteiger partial charge >= 0.3 is 12.2 Å². The Morgan fingerprint density at radius 1 is 0.844 bits per heavy atom. The third kappa shape index (κ3) is 8.03.